The Balaban J connectivity index is 1.23. The lowest BCUT2D eigenvalue weighted by Gasteiger charge is -2.08. The first-order valence-corrected chi connectivity index (χ1v) is 12.9. The summed E-state index contributed by atoms with van der Waals surface area (Å²) in [5.74, 6) is 0. The van der Waals surface area contributed by atoms with Crippen molar-refractivity contribution in [2.45, 2.75) is 0 Å². The molecule has 3 aromatic heterocycles. The van der Waals surface area contributed by atoms with Gasteiger partial charge in [-0.05, 0) is 47.2 Å². The third kappa shape index (κ3) is 3.71. The number of pyridine rings is 2. The highest BCUT2D eigenvalue weighted by Gasteiger charge is 2.11. The van der Waals surface area contributed by atoms with Gasteiger partial charge < -0.3 is 0 Å². The molecule has 0 atom stereocenters. The van der Waals surface area contributed by atoms with Crippen LogP contribution in [0.2, 0.25) is 0 Å². The fraction of sp³-hybridized carbons (Fsp3) is 0. The Kier molecular flexibility index (Phi) is 4.76. The standard InChI is InChI=1S/C34H21N5/c1-2-7-23(8-3-1)29-17-13-24-10-11-25-14-18-30(36-34(25)33(24)35-29)27-15-19-31-32(21-27)38-39(37-31)28-16-12-22-6-4-5-9-26(22)20-28/h1-21H. The molecule has 0 aliphatic heterocycles. The summed E-state index contributed by atoms with van der Waals surface area (Å²) in [6.07, 6.45) is 0. The molecule has 8 rings (SSSR count). The van der Waals surface area contributed by atoms with Crippen LogP contribution in [0.1, 0.15) is 0 Å². The second kappa shape index (κ2) is 8.57. The molecule has 8 aromatic rings. The second-order valence-electron chi connectivity index (χ2n) is 9.69. The predicted octanol–water partition coefficient (Wildman–Crippen LogP) is 8.00. The van der Waals surface area contributed by atoms with E-state index in [0.29, 0.717) is 0 Å². The highest BCUT2D eigenvalue weighted by Crippen LogP contribution is 2.29. The van der Waals surface area contributed by atoms with Crippen molar-refractivity contribution in [1.82, 2.24) is 25.0 Å². The molecule has 39 heavy (non-hydrogen) atoms. The zero-order valence-corrected chi connectivity index (χ0v) is 20.9. The Morgan fingerprint density at radius 3 is 1.79 bits per heavy atom. The van der Waals surface area contributed by atoms with E-state index in [1.807, 2.05) is 36.4 Å². The molecular weight excluding hydrogens is 478 g/mol. The van der Waals surface area contributed by atoms with E-state index in [1.54, 1.807) is 4.80 Å². The normalized spacial score (nSPS) is 11.6. The summed E-state index contributed by atoms with van der Waals surface area (Å²) in [5.41, 5.74) is 8.29. The van der Waals surface area contributed by atoms with E-state index in [-0.39, 0.29) is 0 Å². The predicted molar refractivity (Wildman–Crippen MR) is 158 cm³/mol. The Hall–Kier alpha value is -5.42. The van der Waals surface area contributed by atoms with E-state index >= 15 is 0 Å². The first-order valence-electron chi connectivity index (χ1n) is 12.9. The lowest BCUT2D eigenvalue weighted by atomic mass is 10.1. The summed E-state index contributed by atoms with van der Waals surface area (Å²) in [4.78, 5) is 11.8. The molecule has 5 nitrogen and oxygen atoms in total. The Labute approximate surface area is 224 Å². The number of rotatable bonds is 3. The summed E-state index contributed by atoms with van der Waals surface area (Å²) < 4.78 is 0. The quantitative estimate of drug-likeness (QED) is 0.231. The van der Waals surface area contributed by atoms with Crippen LogP contribution < -0.4 is 0 Å². The van der Waals surface area contributed by atoms with Crippen LogP contribution in [0, 0.1) is 0 Å². The van der Waals surface area contributed by atoms with Crippen LogP contribution in [0.15, 0.2) is 127 Å². The molecule has 5 aromatic carbocycles. The molecule has 0 N–H and O–H groups in total. The van der Waals surface area contributed by atoms with Gasteiger partial charge in [-0.25, -0.2) is 9.97 Å². The third-order valence-corrected chi connectivity index (χ3v) is 7.23. The number of hydrogen-bond donors (Lipinski definition) is 0. The minimum Gasteiger partial charge on any atom is -0.245 e. The van der Waals surface area contributed by atoms with Gasteiger partial charge in [-0.15, -0.1) is 10.2 Å². The average molecular weight is 500 g/mol. The molecule has 5 heteroatoms. The highest BCUT2D eigenvalue weighted by atomic mass is 15.5. The van der Waals surface area contributed by atoms with Crippen LogP contribution in [0.25, 0.3) is 71.8 Å². The smallest absolute Gasteiger partial charge is 0.114 e. The molecule has 0 saturated heterocycles. The third-order valence-electron chi connectivity index (χ3n) is 7.23. The zero-order valence-electron chi connectivity index (χ0n) is 20.9. The second-order valence-corrected chi connectivity index (χ2v) is 9.69. The van der Waals surface area contributed by atoms with Gasteiger partial charge >= 0.3 is 0 Å². The summed E-state index contributed by atoms with van der Waals surface area (Å²) in [7, 11) is 0. The number of nitrogens with zero attached hydrogens (tertiary/aromatic N) is 5. The van der Waals surface area contributed by atoms with Crippen LogP contribution in [-0.2, 0) is 0 Å². The summed E-state index contributed by atoms with van der Waals surface area (Å²) in [6, 6.07) is 43.5. The Morgan fingerprint density at radius 2 is 1.03 bits per heavy atom. The van der Waals surface area contributed by atoms with E-state index in [1.165, 1.54) is 5.39 Å². The van der Waals surface area contributed by atoms with Crippen molar-refractivity contribution in [3.8, 4) is 28.2 Å². The fourth-order valence-electron chi connectivity index (χ4n) is 5.19. The zero-order chi connectivity index (χ0) is 25.8. The molecule has 3 heterocycles. The Bertz CT molecular complexity index is 2180. The van der Waals surface area contributed by atoms with Crippen molar-refractivity contribution >= 4 is 43.6 Å². The molecule has 0 bridgehead atoms. The van der Waals surface area contributed by atoms with Crippen LogP contribution in [0.5, 0.6) is 0 Å². The van der Waals surface area contributed by atoms with Gasteiger partial charge in [-0.1, -0.05) is 91.0 Å². The van der Waals surface area contributed by atoms with E-state index in [2.05, 4.69) is 91.0 Å². The molecule has 182 valence electrons. The van der Waals surface area contributed by atoms with Crippen LogP contribution >= 0.6 is 0 Å². The van der Waals surface area contributed by atoms with E-state index in [4.69, 9.17) is 20.2 Å². The number of aromatic nitrogens is 5. The largest absolute Gasteiger partial charge is 0.245 e. The number of hydrogen-bond acceptors (Lipinski definition) is 4. The van der Waals surface area contributed by atoms with Gasteiger partial charge in [0.25, 0.3) is 0 Å². The summed E-state index contributed by atoms with van der Waals surface area (Å²) >= 11 is 0. The molecule has 0 unspecified atom stereocenters. The number of benzene rings is 5. The van der Waals surface area contributed by atoms with E-state index in [9.17, 15) is 0 Å². The van der Waals surface area contributed by atoms with E-state index in [0.717, 1.165) is 66.4 Å². The van der Waals surface area contributed by atoms with Gasteiger partial charge in [0, 0.05) is 21.9 Å². The topological polar surface area (TPSA) is 56.5 Å². The Morgan fingerprint density at radius 1 is 0.410 bits per heavy atom. The van der Waals surface area contributed by atoms with Gasteiger partial charge in [-0.3, -0.25) is 0 Å². The minimum absolute atomic E-state index is 0.824. The maximum absolute atomic E-state index is 5.10. The molecule has 0 aliphatic carbocycles. The maximum Gasteiger partial charge on any atom is 0.114 e. The fourth-order valence-corrected chi connectivity index (χ4v) is 5.19. The van der Waals surface area contributed by atoms with Crippen molar-refractivity contribution < 1.29 is 0 Å². The molecule has 0 aliphatic rings. The molecule has 0 fully saturated rings. The van der Waals surface area contributed by atoms with Crippen LogP contribution in [0.3, 0.4) is 0 Å². The summed E-state index contributed by atoms with van der Waals surface area (Å²) in [6.45, 7) is 0. The van der Waals surface area contributed by atoms with Crippen LogP contribution in [0.4, 0.5) is 0 Å². The molecule has 0 radical (unpaired) electrons. The van der Waals surface area contributed by atoms with Crippen molar-refractivity contribution in [2.75, 3.05) is 0 Å². The molecular formula is C34H21N5. The molecule has 0 amide bonds. The highest BCUT2D eigenvalue weighted by molar-refractivity contribution is 6.04. The lowest BCUT2D eigenvalue weighted by Crippen LogP contribution is -1.97. The number of fused-ring (bicyclic) bond motifs is 5. The first-order chi connectivity index (χ1) is 19.3. The lowest BCUT2D eigenvalue weighted by molar-refractivity contribution is 0.767. The molecule has 0 spiro atoms. The van der Waals surface area contributed by atoms with Gasteiger partial charge in [0.2, 0.25) is 0 Å². The van der Waals surface area contributed by atoms with Crippen molar-refractivity contribution in [1.29, 1.82) is 0 Å². The van der Waals surface area contributed by atoms with Crippen LogP contribution in [-0.4, -0.2) is 25.0 Å². The van der Waals surface area contributed by atoms with E-state index < -0.39 is 0 Å². The van der Waals surface area contributed by atoms with Crippen molar-refractivity contribution in [3.05, 3.63) is 127 Å². The van der Waals surface area contributed by atoms with Gasteiger partial charge in [-0.2, -0.15) is 4.80 Å². The SMILES string of the molecule is c1ccc(-c2ccc3ccc4ccc(-c5ccc6nn(-c7ccc8ccccc8c7)nc6c5)nc4c3n2)cc1. The monoisotopic (exact) mass is 499 g/mol. The average Bonchev–Trinajstić information content (AvgIpc) is 3.44. The van der Waals surface area contributed by atoms with Crippen molar-refractivity contribution in [3.63, 3.8) is 0 Å². The molecule has 0 saturated carbocycles. The van der Waals surface area contributed by atoms with Gasteiger partial charge in [0.15, 0.2) is 0 Å². The minimum atomic E-state index is 0.824. The van der Waals surface area contributed by atoms with Crippen molar-refractivity contribution in [2.24, 2.45) is 0 Å². The van der Waals surface area contributed by atoms with Gasteiger partial charge in [0.05, 0.1) is 28.1 Å². The van der Waals surface area contributed by atoms with Gasteiger partial charge in [0.1, 0.15) is 11.0 Å². The maximum atomic E-state index is 5.10. The first kappa shape index (κ1) is 21.6. The summed E-state index contributed by atoms with van der Waals surface area (Å²) in [5, 5.41) is 14.0.